The molecule has 0 aliphatic carbocycles. The molecule has 0 atom stereocenters. The van der Waals surface area contributed by atoms with Gasteiger partial charge in [-0.05, 0) is 50.2 Å². The molecule has 4 aromatic carbocycles. The average Bonchev–Trinajstić information content (AvgIpc) is 2.86. The highest BCUT2D eigenvalue weighted by atomic mass is 16.5. The first-order valence-corrected chi connectivity index (χ1v) is 11.9. The molecule has 4 rings (SSSR count). The van der Waals surface area contributed by atoms with Gasteiger partial charge in [-0.15, -0.1) is 0 Å². The van der Waals surface area contributed by atoms with Crippen LogP contribution in [0.25, 0.3) is 32.7 Å². The van der Waals surface area contributed by atoms with Crippen molar-refractivity contribution in [2.24, 2.45) is 0 Å². The smallest absolute Gasteiger partial charge is 0.306 e. The zero-order chi connectivity index (χ0) is 23.9. The lowest BCUT2D eigenvalue weighted by atomic mass is 9.87. The Morgan fingerprint density at radius 1 is 0.765 bits per heavy atom. The number of hydrogen-bond donors (Lipinski definition) is 0. The normalized spacial score (nSPS) is 11.0. The number of benzene rings is 4. The highest BCUT2D eigenvalue weighted by Crippen LogP contribution is 2.39. The summed E-state index contributed by atoms with van der Waals surface area (Å²) < 4.78 is 10.7. The van der Waals surface area contributed by atoms with Crippen molar-refractivity contribution in [1.82, 2.24) is 0 Å². The van der Waals surface area contributed by atoms with Crippen LogP contribution in [0, 0.1) is 0 Å². The van der Waals surface area contributed by atoms with Gasteiger partial charge in [0.2, 0.25) is 0 Å². The minimum absolute atomic E-state index is 0.146. The molecule has 0 N–H and O–H groups in total. The maximum absolute atomic E-state index is 11.9. The van der Waals surface area contributed by atoms with Crippen LogP contribution in [-0.2, 0) is 32.1 Å². The summed E-state index contributed by atoms with van der Waals surface area (Å²) in [5.74, 6) is -0.409. The van der Waals surface area contributed by atoms with Gasteiger partial charge >= 0.3 is 11.9 Å². The van der Waals surface area contributed by atoms with E-state index in [1.807, 2.05) is 24.3 Å². The fourth-order valence-corrected chi connectivity index (χ4v) is 4.42. The van der Waals surface area contributed by atoms with Crippen molar-refractivity contribution >= 4 is 33.5 Å². The Kier molecular flexibility index (Phi) is 7.58. The van der Waals surface area contributed by atoms with Crippen molar-refractivity contribution in [2.45, 2.75) is 46.1 Å². The predicted octanol–water partition coefficient (Wildman–Crippen LogP) is 7.00. The zero-order valence-electron chi connectivity index (χ0n) is 19.8. The van der Waals surface area contributed by atoms with Crippen LogP contribution >= 0.6 is 0 Å². The fourth-order valence-electron chi connectivity index (χ4n) is 4.42. The van der Waals surface area contributed by atoms with Crippen LogP contribution in [0.2, 0.25) is 0 Å². The van der Waals surface area contributed by atoms with Gasteiger partial charge in [0.15, 0.2) is 0 Å². The minimum atomic E-state index is -0.263. The van der Waals surface area contributed by atoms with Crippen molar-refractivity contribution in [3.05, 3.63) is 83.9 Å². The molecule has 0 unspecified atom stereocenters. The number of hydrogen-bond acceptors (Lipinski definition) is 4. The molecule has 0 radical (unpaired) electrons. The summed E-state index contributed by atoms with van der Waals surface area (Å²) >= 11 is 0. The molecule has 0 fully saturated rings. The Morgan fingerprint density at radius 2 is 1.35 bits per heavy atom. The van der Waals surface area contributed by atoms with Gasteiger partial charge in [-0.3, -0.25) is 9.59 Å². The van der Waals surface area contributed by atoms with Gasteiger partial charge in [0.05, 0.1) is 6.61 Å². The fraction of sp³-hybridized carbons (Fsp3) is 0.267. The summed E-state index contributed by atoms with van der Waals surface area (Å²) in [6, 6.07) is 25.0. The first kappa shape index (κ1) is 23.5. The van der Waals surface area contributed by atoms with Gasteiger partial charge < -0.3 is 9.47 Å². The number of carbonyl (C=O) groups is 2. The van der Waals surface area contributed by atoms with Gasteiger partial charge in [0.25, 0.3) is 0 Å². The summed E-state index contributed by atoms with van der Waals surface area (Å²) in [6.07, 6.45) is 2.96. The van der Waals surface area contributed by atoms with E-state index < -0.39 is 0 Å². The molecule has 0 spiro atoms. The molecule has 174 valence electrons. The molecule has 0 saturated heterocycles. The number of fused-ring (bicyclic) bond motifs is 2. The van der Waals surface area contributed by atoms with Gasteiger partial charge in [0.1, 0.15) is 6.61 Å². The lowest BCUT2D eigenvalue weighted by Crippen LogP contribution is -2.05. The van der Waals surface area contributed by atoms with E-state index in [0.717, 1.165) is 45.5 Å². The van der Waals surface area contributed by atoms with E-state index in [1.165, 1.54) is 18.1 Å². The standard InChI is InChI=1S/C30H30O4/c1-3-4-13-29(32)34-20-22-14-16-23(17-15-22)30-27-11-7-5-9-24(27)26(18-19-33-21(2)31)25-10-6-8-12-28(25)30/h5-12,14-17H,3-4,13,18-20H2,1-2H3. The topological polar surface area (TPSA) is 52.6 Å². The highest BCUT2D eigenvalue weighted by molar-refractivity contribution is 6.15. The number of ether oxygens (including phenoxy) is 2. The second-order valence-corrected chi connectivity index (χ2v) is 8.50. The van der Waals surface area contributed by atoms with E-state index in [9.17, 15) is 9.59 Å². The van der Waals surface area contributed by atoms with E-state index in [1.54, 1.807) is 0 Å². The lowest BCUT2D eigenvalue weighted by molar-refractivity contribution is -0.145. The van der Waals surface area contributed by atoms with Crippen molar-refractivity contribution < 1.29 is 19.1 Å². The molecule has 34 heavy (non-hydrogen) atoms. The second-order valence-electron chi connectivity index (χ2n) is 8.50. The Bertz CT molecular complexity index is 1250. The maximum Gasteiger partial charge on any atom is 0.306 e. The summed E-state index contributed by atoms with van der Waals surface area (Å²) in [7, 11) is 0. The van der Waals surface area contributed by atoms with E-state index in [0.29, 0.717) is 26.1 Å². The molecule has 0 amide bonds. The van der Waals surface area contributed by atoms with Crippen LogP contribution in [0.15, 0.2) is 72.8 Å². The predicted molar refractivity (Wildman–Crippen MR) is 137 cm³/mol. The lowest BCUT2D eigenvalue weighted by Gasteiger charge is -2.17. The SMILES string of the molecule is CCCCC(=O)OCc1ccc(-c2c3ccccc3c(CCOC(C)=O)c3ccccc23)cc1. The van der Waals surface area contributed by atoms with Crippen LogP contribution in [-0.4, -0.2) is 18.5 Å². The Balaban J connectivity index is 1.71. The largest absolute Gasteiger partial charge is 0.466 e. The van der Waals surface area contributed by atoms with E-state index >= 15 is 0 Å². The van der Waals surface area contributed by atoms with Crippen LogP contribution in [0.3, 0.4) is 0 Å². The van der Waals surface area contributed by atoms with Crippen molar-refractivity contribution in [1.29, 1.82) is 0 Å². The zero-order valence-corrected chi connectivity index (χ0v) is 19.8. The quantitative estimate of drug-likeness (QED) is 0.202. The first-order valence-electron chi connectivity index (χ1n) is 11.9. The molecular formula is C30H30O4. The van der Waals surface area contributed by atoms with E-state index in [-0.39, 0.29) is 11.9 Å². The van der Waals surface area contributed by atoms with Crippen LogP contribution in [0.1, 0.15) is 44.2 Å². The molecule has 4 nitrogen and oxygen atoms in total. The first-order chi connectivity index (χ1) is 16.6. The third kappa shape index (κ3) is 5.28. The third-order valence-electron chi connectivity index (χ3n) is 6.08. The average molecular weight is 455 g/mol. The maximum atomic E-state index is 11.9. The second kappa shape index (κ2) is 11.0. The summed E-state index contributed by atoms with van der Waals surface area (Å²) in [5.41, 5.74) is 4.45. The number of carbonyl (C=O) groups excluding carboxylic acids is 2. The third-order valence-corrected chi connectivity index (χ3v) is 6.08. The minimum Gasteiger partial charge on any atom is -0.466 e. The Hall–Kier alpha value is -3.66. The van der Waals surface area contributed by atoms with Crippen molar-refractivity contribution in [3.63, 3.8) is 0 Å². The van der Waals surface area contributed by atoms with Crippen LogP contribution in [0.4, 0.5) is 0 Å². The molecule has 0 bridgehead atoms. The van der Waals surface area contributed by atoms with Gasteiger partial charge in [-0.25, -0.2) is 0 Å². The van der Waals surface area contributed by atoms with E-state index in [2.05, 4.69) is 55.5 Å². The summed E-state index contributed by atoms with van der Waals surface area (Å²) in [5, 5.41) is 4.66. The Labute approximate surface area is 200 Å². The Morgan fingerprint density at radius 3 is 1.91 bits per heavy atom. The van der Waals surface area contributed by atoms with Gasteiger partial charge in [-0.1, -0.05) is 86.1 Å². The van der Waals surface area contributed by atoms with Crippen molar-refractivity contribution in [3.8, 4) is 11.1 Å². The van der Waals surface area contributed by atoms with E-state index in [4.69, 9.17) is 9.47 Å². The molecular weight excluding hydrogens is 424 g/mol. The monoisotopic (exact) mass is 454 g/mol. The van der Waals surface area contributed by atoms with Gasteiger partial charge in [-0.2, -0.15) is 0 Å². The number of unbranched alkanes of at least 4 members (excludes halogenated alkanes) is 1. The highest BCUT2D eigenvalue weighted by Gasteiger charge is 2.15. The summed E-state index contributed by atoms with van der Waals surface area (Å²) in [4.78, 5) is 23.2. The molecule has 4 heteroatoms. The summed E-state index contributed by atoms with van der Waals surface area (Å²) in [6.45, 7) is 4.15. The number of esters is 2. The molecule has 0 aromatic heterocycles. The van der Waals surface area contributed by atoms with Crippen molar-refractivity contribution in [2.75, 3.05) is 6.61 Å². The number of rotatable bonds is 9. The molecule has 0 heterocycles. The molecule has 0 aliphatic rings. The molecule has 0 saturated carbocycles. The van der Waals surface area contributed by atoms with Crippen LogP contribution < -0.4 is 0 Å². The van der Waals surface area contributed by atoms with Gasteiger partial charge in [0, 0.05) is 19.8 Å². The molecule has 4 aromatic rings. The van der Waals surface area contributed by atoms with Crippen LogP contribution in [0.5, 0.6) is 0 Å². The molecule has 0 aliphatic heterocycles.